The van der Waals surface area contributed by atoms with Gasteiger partial charge < -0.3 is 10.5 Å². The van der Waals surface area contributed by atoms with Crippen LogP contribution in [-0.2, 0) is 6.42 Å². The molecule has 0 saturated carbocycles. The first-order valence-electron chi connectivity index (χ1n) is 10.8. The van der Waals surface area contributed by atoms with Gasteiger partial charge in [-0.1, -0.05) is 48.0 Å². The molecule has 0 aliphatic heterocycles. The van der Waals surface area contributed by atoms with Crippen molar-refractivity contribution in [2.45, 2.75) is 13.3 Å². The molecule has 2 heterocycles. The first-order valence-corrected chi connectivity index (χ1v) is 11.2. The molecule has 5 aromatic rings. The lowest BCUT2D eigenvalue weighted by atomic mass is 9.94. The number of ether oxygens (including phenoxy) is 1. The fourth-order valence-corrected chi connectivity index (χ4v) is 4.54. The molecule has 3 aromatic carbocycles. The fraction of sp³-hybridized carbons (Fsp3) is 0.107. The molecular weight excluding hydrogens is 444 g/mol. The van der Waals surface area contributed by atoms with E-state index in [0.717, 1.165) is 49.7 Å². The normalized spacial score (nSPS) is 11.0. The van der Waals surface area contributed by atoms with Gasteiger partial charge in [0.2, 0.25) is 0 Å². The van der Waals surface area contributed by atoms with Crippen LogP contribution in [0.25, 0.3) is 44.1 Å². The Morgan fingerprint density at radius 1 is 0.941 bits per heavy atom. The highest BCUT2D eigenvalue weighted by Crippen LogP contribution is 2.38. The van der Waals surface area contributed by atoms with Crippen molar-refractivity contribution in [3.63, 3.8) is 0 Å². The SMILES string of the molecule is COc1ccc2c(-c3cc(-c4cc5ccc(C)cc5nc4Cl)c(CC#N)c(N)n3)cccc2c1. The Balaban J connectivity index is 1.77. The minimum Gasteiger partial charge on any atom is -0.497 e. The predicted octanol–water partition coefficient (Wildman–Crippen LogP) is 6.74. The number of nitriles is 1. The van der Waals surface area contributed by atoms with E-state index in [9.17, 15) is 5.26 Å². The van der Waals surface area contributed by atoms with Crippen LogP contribution in [-0.4, -0.2) is 17.1 Å². The quantitative estimate of drug-likeness (QED) is 0.298. The molecule has 0 amide bonds. The number of hydrogen-bond donors (Lipinski definition) is 1. The first-order chi connectivity index (χ1) is 16.5. The Labute approximate surface area is 202 Å². The summed E-state index contributed by atoms with van der Waals surface area (Å²) in [7, 11) is 1.65. The van der Waals surface area contributed by atoms with E-state index in [1.54, 1.807) is 7.11 Å². The summed E-state index contributed by atoms with van der Waals surface area (Å²) in [5.41, 5.74) is 12.1. The van der Waals surface area contributed by atoms with Crippen LogP contribution in [0.1, 0.15) is 11.1 Å². The fourth-order valence-electron chi connectivity index (χ4n) is 4.29. The Morgan fingerprint density at radius 3 is 2.59 bits per heavy atom. The summed E-state index contributed by atoms with van der Waals surface area (Å²) in [6.07, 6.45) is 0.115. The first kappa shape index (κ1) is 21.7. The Kier molecular flexibility index (Phi) is 5.53. The van der Waals surface area contributed by atoms with Crippen molar-refractivity contribution >= 4 is 39.1 Å². The Hall–Kier alpha value is -4.14. The van der Waals surface area contributed by atoms with E-state index < -0.39 is 0 Å². The van der Waals surface area contributed by atoms with Crippen molar-refractivity contribution < 1.29 is 4.74 Å². The molecule has 0 bridgehead atoms. The number of pyridine rings is 2. The number of rotatable bonds is 4. The maximum Gasteiger partial charge on any atom is 0.137 e. The molecule has 0 fully saturated rings. The van der Waals surface area contributed by atoms with Gasteiger partial charge in [-0.05, 0) is 59.2 Å². The maximum absolute atomic E-state index is 9.47. The molecule has 0 radical (unpaired) electrons. The summed E-state index contributed by atoms with van der Waals surface area (Å²) < 4.78 is 5.37. The predicted molar refractivity (Wildman–Crippen MR) is 138 cm³/mol. The average Bonchev–Trinajstić information content (AvgIpc) is 2.84. The summed E-state index contributed by atoms with van der Waals surface area (Å²) in [5.74, 6) is 1.09. The molecule has 2 aromatic heterocycles. The van der Waals surface area contributed by atoms with Crippen LogP contribution in [0.2, 0.25) is 5.15 Å². The van der Waals surface area contributed by atoms with Gasteiger partial charge in [-0.15, -0.1) is 0 Å². The second kappa shape index (κ2) is 8.66. The zero-order valence-electron chi connectivity index (χ0n) is 18.8. The summed E-state index contributed by atoms with van der Waals surface area (Å²) in [6.45, 7) is 2.02. The van der Waals surface area contributed by atoms with E-state index >= 15 is 0 Å². The number of aryl methyl sites for hydroxylation is 1. The number of nitrogens with two attached hydrogens (primary N) is 1. The van der Waals surface area contributed by atoms with Crippen LogP contribution in [0.4, 0.5) is 5.82 Å². The van der Waals surface area contributed by atoms with Gasteiger partial charge in [-0.25, -0.2) is 9.97 Å². The van der Waals surface area contributed by atoms with Gasteiger partial charge in [0.25, 0.3) is 0 Å². The Morgan fingerprint density at radius 2 is 1.79 bits per heavy atom. The third-order valence-corrected chi connectivity index (χ3v) is 6.28. The highest BCUT2D eigenvalue weighted by atomic mass is 35.5. The monoisotopic (exact) mass is 464 g/mol. The van der Waals surface area contributed by atoms with Gasteiger partial charge in [0, 0.05) is 22.1 Å². The average molecular weight is 465 g/mol. The van der Waals surface area contributed by atoms with Gasteiger partial charge in [0.05, 0.1) is 30.8 Å². The smallest absolute Gasteiger partial charge is 0.137 e. The van der Waals surface area contributed by atoms with E-state index in [1.165, 1.54) is 0 Å². The summed E-state index contributed by atoms with van der Waals surface area (Å²) in [4.78, 5) is 9.30. The molecular formula is C28H21ClN4O. The lowest BCUT2D eigenvalue weighted by Crippen LogP contribution is -2.03. The molecule has 2 N–H and O–H groups in total. The van der Waals surface area contributed by atoms with Gasteiger partial charge in [0.1, 0.15) is 16.7 Å². The Bertz CT molecular complexity index is 1620. The number of nitrogens with zero attached hydrogens (tertiary/aromatic N) is 3. The van der Waals surface area contributed by atoms with Crippen molar-refractivity contribution in [2.75, 3.05) is 12.8 Å². The zero-order valence-corrected chi connectivity index (χ0v) is 19.5. The van der Waals surface area contributed by atoms with Crippen molar-refractivity contribution in [2.24, 2.45) is 0 Å². The van der Waals surface area contributed by atoms with Crippen LogP contribution < -0.4 is 10.5 Å². The lowest BCUT2D eigenvalue weighted by molar-refractivity contribution is 0.415. The van der Waals surface area contributed by atoms with Gasteiger partial charge in [-0.2, -0.15) is 5.26 Å². The topological polar surface area (TPSA) is 84.8 Å². The molecule has 0 unspecified atom stereocenters. The number of fused-ring (bicyclic) bond motifs is 2. The minimum atomic E-state index is 0.115. The summed E-state index contributed by atoms with van der Waals surface area (Å²) in [6, 6.07) is 24.1. The maximum atomic E-state index is 9.47. The highest BCUT2D eigenvalue weighted by Gasteiger charge is 2.18. The highest BCUT2D eigenvalue weighted by molar-refractivity contribution is 6.32. The van der Waals surface area contributed by atoms with Crippen molar-refractivity contribution in [3.05, 3.63) is 83.0 Å². The molecule has 0 aliphatic carbocycles. The lowest BCUT2D eigenvalue weighted by Gasteiger charge is -2.15. The largest absolute Gasteiger partial charge is 0.497 e. The molecule has 0 saturated heterocycles. The van der Waals surface area contributed by atoms with Gasteiger partial charge in [0.15, 0.2) is 0 Å². The number of hydrogen-bond acceptors (Lipinski definition) is 5. The molecule has 34 heavy (non-hydrogen) atoms. The number of benzene rings is 3. The number of methoxy groups -OCH3 is 1. The van der Waals surface area contributed by atoms with E-state index in [1.807, 2.05) is 73.7 Å². The van der Waals surface area contributed by atoms with E-state index in [0.29, 0.717) is 22.2 Å². The van der Waals surface area contributed by atoms with E-state index in [4.69, 9.17) is 22.1 Å². The zero-order chi connectivity index (χ0) is 23.8. The van der Waals surface area contributed by atoms with E-state index in [-0.39, 0.29) is 6.42 Å². The second-order valence-electron chi connectivity index (χ2n) is 8.17. The van der Waals surface area contributed by atoms with Crippen molar-refractivity contribution in [3.8, 4) is 34.2 Å². The molecule has 0 atom stereocenters. The van der Waals surface area contributed by atoms with Crippen molar-refractivity contribution in [1.82, 2.24) is 9.97 Å². The van der Waals surface area contributed by atoms with Crippen LogP contribution in [0.3, 0.4) is 0 Å². The summed E-state index contributed by atoms with van der Waals surface area (Å²) >= 11 is 6.67. The molecule has 166 valence electrons. The molecule has 0 spiro atoms. The van der Waals surface area contributed by atoms with Crippen LogP contribution >= 0.6 is 11.6 Å². The molecule has 6 heteroatoms. The van der Waals surface area contributed by atoms with Crippen molar-refractivity contribution in [1.29, 1.82) is 5.26 Å². The second-order valence-corrected chi connectivity index (χ2v) is 8.53. The van der Waals surface area contributed by atoms with Crippen LogP contribution in [0.5, 0.6) is 5.75 Å². The van der Waals surface area contributed by atoms with Gasteiger partial charge >= 0.3 is 0 Å². The number of aromatic nitrogens is 2. The minimum absolute atomic E-state index is 0.115. The van der Waals surface area contributed by atoms with Crippen LogP contribution in [0, 0.1) is 18.3 Å². The summed E-state index contributed by atoms with van der Waals surface area (Å²) in [5, 5.41) is 12.8. The van der Waals surface area contributed by atoms with Crippen LogP contribution in [0.15, 0.2) is 66.7 Å². The third-order valence-electron chi connectivity index (χ3n) is 5.99. The molecule has 5 rings (SSSR count). The van der Waals surface area contributed by atoms with E-state index in [2.05, 4.69) is 16.0 Å². The molecule has 5 nitrogen and oxygen atoms in total. The number of anilines is 1. The molecule has 0 aliphatic rings. The van der Waals surface area contributed by atoms with Gasteiger partial charge in [-0.3, -0.25) is 0 Å². The number of halogens is 1. The standard InChI is InChI=1S/C28H21ClN4O/c1-16-6-7-18-14-24(27(29)32-25(18)12-16)23-15-26(33-28(31)22(23)10-11-30)21-5-3-4-17-13-19(34-2)8-9-20(17)21/h3-9,12-15H,10H2,1-2H3,(H2,31,33). The third kappa shape index (κ3) is 3.79. The number of nitrogen functional groups attached to an aromatic ring is 1.